The number of benzene rings is 2. The molecule has 39 heavy (non-hydrogen) atoms. The molecular formula is C27H26BrF2N3O5S. The van der Waals surface area contributed by atoms with Crippen LogP contribution in [0.1, 0.15) is 34.6 Å². The number of ether oxygens (including phenoxy) is 2. The summed E-state index contributed by atoms with van der Waals surface area (Å²) in [5.41, 5.74) is 0.300. The molecule has 3 amide bonds. The van der Waals surface area contributed by atoms with Gasteiger partial charge < -0.3 is 25.0 Å². The van der Waals surface area contributed by atoms with Crippen LogP contribution in [0.5, 0.6) is 11.5 Å². The number of hydrogen-bond acceptors (Lipinski definition) is 6. The van der Waals surface area contributed by atoms with Crippen LogP contribution in [0.2, 0.25) is 0 Å². The minimum Gasteiger partial charge on any atom is -0.457 e. The second-order valence-electron chi connectivity index (χ2n) is 8.84. The number of carbonyl (C=O) groups excluding carboxylic acids is 3. The average Bonchev–Trinajstić information content (AvgIpc) is 3.54. The van der Waals surface area contributed by atoms with Crippen LogP contribution in [-0.4, -0.2) is 54.5 Å². The zero-order valence-corrected chi connectivity index (χ0v) is 23.2. The lowest BCUT2D eigenvalue weighted by Gasteiger charge is -2.25. The van der Waals surface area contributed by atoms with Crippen LogP contribution in [-0.2, 0) is 14.3 Å². The highest BCUT2D eigenvalue weighted by atomic mass is 79.9. The van der Waals surface area contributed by atoms with Gasteiger partial charge in [-0.05, 0) is 65.3 Å². The highest BCUT2D eigenvalue weighted by Gasteiger charge is 2.41. The molecule has 3 atom stereocenters. The van der Waals surface area contributed by atoms with E-state index < -0.39 is 43.0 Å². The van der Waals surface area contributed by atoms with Crippen molar-refractivity contribution in [2.24, 2.45) is 0 Å². The van der Waals surface area contributed by atoms with E-state index in [1.165, 1.54) is 16.2 Å². The summed E-state index contributed by atoms with van der Waals surface area (Å²) >= 11 is 4.82. The summed E-state index contributed by atoms with van der Waals surface area (Å²) in [6, 6.07) is 16.0. The molecule has 0 radical (unpaired) electrons. The Morgan fingerprint density at radius 3 is 2.44 bits per heavy atom. The molecule has 2 aromatic carbocycles. The highest BCUT2D eigenvalue weighted by Crippen LogP contribution is 2.27. The normalized spacial score (nSPS) is 17.6. The number of nitrogens with zero attached hydrogens (tertiary/aromatic N) is 1. The lowest BCUT2D eigenvalue weighted by Crippen LogP contribution is -2.49. The first kappa shape index (κ1) is 28.7. The Balaban J connectivity index is 1.35. The molecule has 4 rings (SSSR count). The Labute approximate surface area is 236 Å². The number of nitrogens with one attached hydrogen (secondary N) is 2. The van der Waals surface area contributed by atoms with Gasteiger partial charge in [-0.15, -0.1) is 11.3 Å². The van der Waals surface area contributed by atoms with Crippen LogP contribution in [0.25, 0.3) is 0 Å². The third-order valence-corrected chi connectivity index (χ3v) is 7.93. The molecule has 2 heterocycles. The Bertz CT molecular complexity index is 1290. The molecule has 1 fully saturated rings. The van der Waals surface area contributed by atoms with Gasteiger partial charge >= 0.3 is 6.61 Å². The van der Waals surface area contributed by atoms with Crippen LogP contribution >= 0.6 is 27.3 Å². The second kappa shape index (κ2) is 13.1. The van der Waals surface area contributed by atoms with Gasteiger partial charge in [0.15, 0.2) is 0 Å². The minimum atomic E-state index is -3.04. The fourth-order valence-corrected chi connectivity index (χ4v) is 5.61. The van der Waals surface area contributed by atoms with E-state index in [1.807, 2.05) is 29.6 Å². The number of alkyl halides is 2. The fraction of sp³-hybridized carbons (Fsp3) is 0.296. The van der Waals surface area contributed by atoms with Gasteiger partial charge in [0.25, 0.3) is 5.91 Å². The highest BCUT2D eigenvalue weighted by molar-refractivity contribution is 9.10. The topological polar surface area (TPSA) is 97.0 Å². The van der Waals surface area contributed by atoms with Crippen LogP contribution in [0.15, 0.2) is 70.5 Å². The molecule has 2 N–H and O–H groups in total. The Morgan fingerprint density at radius 1 is 1.10 bits per heavy atom. The maximum atomic E-state index is 13.1. The molecular weight excluding hydrogens is 596 g/mol. The molecule has 0 spiro atoms. The molecule has 0 saturated carbocycles. The van der Waals surface area contributed by atoms with Crippen molar-refractivity contribution in [2.75, 3.05) is 13.1 Å². The van der Waals surface area contributed by atoms with E-state index in [0.717, 1.165) is 9.35 Å². The van der Waals surface area contributed by atoms with Crippen LogP contribution in [0.3, 0.4) is 0 Å². The first-order valence-corrected chi connectivity index (χ1v) is 13.8. The Morgan fingerprint density at radius 2 is 1.79 bits per heavy atom. The van der Waals surface area contributed by atoms with Crippen molar-refractivity contribution >= 4 is 45.0 Å². The second-order valence-corrected chi connectivity index (χ2v) is 10.7. The summed E-state index contributed by atoms with van der Waals surface area (Å²) in [5.74, 6) is -0.391. The molecule has 3 aromatic rings. The predicted molar refractivity (Wildman–Crippen MR) is 145 cm³/mol. The average molecular weight is 622 g/mol. The first-order chi connectivity index (χ1) is 18.7. The SMILES string of the molecule is C[C@@H](NC(=O)[C@@H]1C[C@@H](OC(F)F)CN1C(=O)CNC(=O)c1ccc(Oc2ccccc2)cc1)c1cc(Br)cs1. The van der Waals surface area contributed by atoms with Gasteiger partial charge in [-0.1, -0.05) is 18.2 Å². The van der Waals surface area contributed by atoms with E-state index in [1.54, 1.807) is 43.3 Å². The number of carbonyl (C=O) groups is 3. The largest absolute Gasteiger partial charge is 0.457 e. The van der Waals surface area contributed by atoms with Gasteiger partial charge in [-0.3, -0.25) is 14.4 Å². The lowest BCUT2D eigenvalue weighted by atomic mass is 10.1. The molecule has 1 aliphatic rings. The van der Waals surface area contributed by atoms with Gasteiger partial charge in [0.05, 0.1) is 18.7 Å². The van der Waals surface area contributed by atoms with E-state index in [0.29, 0.717) is 17.1 Å². The summed E-state index contributed by atoms with van der Waals surface area (Å²) in [6.45, 7) is -1.85. The third-order valence-electron chi connectivity index (χ3n) is 6.05. The van der Waals surface area contributed by atoms with Crippen molar-refractivity contribution in [1.82, 2.24) is 15.5 Å². The van der Waals surface area contributed by atoms with Crippen molar-refractivity contribution in [2.45, 2.75) is 38.1 Å². The van der Waals surface area contributed by atoms with E-state index >= 15 is 0 Å². The number of thiophene rings is 1. The molecule has 1 saturated heterocycles. The molecule has 1 aliphatic heterocycles. The van der Waals surface area contributed by atoms with E-state index in [9.17, 15) is 23.2 Å². The number of para-hydroxylation sites is 1. The summed E-state index contributed by atoms with van der Waals surface area (Å²) in [7, 11) is 0. The standard InChI is InChI=1S/C27H26BrF2N3O5S/c1-16(23-11-18(28)15-39-23)32-26(36)22-12-21(38-27(29)30)14-33(22)24(34)13-31-25(35)17-7-9-20(10-8-17)37-19-5-3-2-4-6-19/h2-11,15-16,21-22,27H,12-14H2,1H3,(H,31,35)(H,32,36)/t16-,21-,22+/m1/s1. The molecule has 0 unspecified atom stereocenters. The van der Waals surface area contributed by atoms with Gasteiger partial charge in [-0.2, -0.15) is 8.78 Å². The van der Waals surface area contributed by atoms with Gasteiger partial charge in [0.1, 0.15) is 17.5 Å². The molecule has 1 aromatic heterocycles. The molecule has 12 heteroatoms. The molecule has 206 valence electrons. The van der Waals surface area contributed by atoms with Crippen molar-refractivity contribution in [3.8, 4) is 11.5 Å². The number of halogens is 3. The van der Waals surface area contributed by atoms with Crippen molar-refractivity contribution in [1.29, 1.82) is 0 Å². The smallest absolute Gasteiger partial charge is 0.345 e. The number of amides is 3. The Hall–Kier alpha value is -3.35. The zero-order valence-electron chi connectivity index (χ0n) is 20.8. The maximum absolute atomic E-state index is 13.1. The van der Waals surface area contributed by atoms with E-state index in [4.69, 9.17) is 4.74 Å². The quantitative estimate of drug-likeness (QED) is 0.328. The molecule has 0 bridgehead atoms. The molecule has 0 aliphatic carbocycles. The maximum Gasteiger partial charge on any atom is 0.345 e. The first-order valence-electron chi connectivity index (χ1n) is 12.1. The third kappa shape index (κ3) is 7.84. The monoisotopic (exact) mass is 621 g/mol. The number of likely N-dealkylation sites (tertiary alicyclic amines) is 1. The van der Waals surface area contributed by atoms with Crippen LogP contribution < -0.4 is 15.4 Å². The number of hydrogen-bond donors (Lipinski definition) is 2. The van der Waals surface area contributed by atoms with E-state index in [-0.39, 0.29) is 19.0 Å². The summed E-state index contributed by atoms with van der Waals surface area (Å²) in [5, 5.41) is 7.25. The number of rotatable bonds is 10. The fourth-order valence-electron chi connectivity index (χ4n) is 4.16. The molecule has 8 nitrogen and oxygen atoms in total. The Kier molecular flexibility index (Phi) is 9.65. The van der Waals surface area contributed by atoms with Gasteiger partial charge in [0, 0.05) is 33.3 Å². The van der Waals surface area contributed by atoms with Gasteiger partial charge in [0.2, 0.25) is 11.8 Å². The van der Waals surface area contributed by atoms with Crippen molar-refractivity contribution in [3.63, 3.8) is 0 Å². The van der Waals surface area contributed by atoms with Gasteiger partial charge in [-0.25, -0.2) is 0 Å². The van der Waals surface area contributed by atoms with Crippen molar-refractivity contribution < 1.29 is 32.6 Å². The predicted octanol–water partition coefficient (Wildman–Crippen LogP) is 5.12. The summed E-state index contributed by atoms with van der Waals surface area (Å²) in [4.78, 5) is 40.8. The minimum absolute atomic E-state index is 0.0837. The van der Waals surface area contributed by atoms with Crippen LogP contribution in [0.4, 0.5) is 8.78 Å². The van der Waals surface area contributed by atoms with Crippen molar-refractivity contribution in [3.05, 3.63) is 81.0 Å². The van der Waals surface area contributed by atoms with Crippen LogP contribution in [0, 0.1) is 0 Å². The lowest BCUT2D eigenvalue weighted by molar-refractivity contribution is -0.160. The summed E-state index contributed by atoms with van der Waals surface area (Å²) < 4.78 is 36.9. The van der Waals surface area contributed by atoms with E-state index in [2.05, 4.69) is 31.3 Å². The zero-order chi connectivity index (χ0) is 27.9. The summed E-state index contributed by atoms with van der Waals surface area (Å²) in [6.07, 6.45) is -1.09.